The van der Waals surface area contributed by atoms with Gasteiger partial charge in [0.15, 0.2) is 5.16 Å². The van der Waals surface area contributed by atoms with Crippen molar-refractivity contribution < 1.29 is 4.79 Å². The molecule has 1 amide bonds. The van der Waals surface area contributed by atoms with Gasteiger partial charge in [0.2, 0.25) is 5.91 Å². The molecule has 0 atom stereocenters. The molecule has 5 nitrogen and oxygen atoms in total. The minimum Gasteiger partial charge on any atom is -0.326 e. The molecular formula is C24H26ClN3O2S. The molecule has 0 fully saturated rings. The summed E-state index contributed by atoms with van der Waals surface area (Å²) in [6, 6.07) is 15.2. The molecule has 2 aromatic carbocycles. The van der Waals surface area contributed by atoms with E-state index in [0.29, 0.717) is 40.8 Å². The van der Waals surface area contributed by atoms with Gasteiger partial charge < -0.3 is 5.32 Å². The number of aryl methyl sites for hydroxylation is 2. The third kappa shape index (κ3) is 6.45. The summed E-state index contributed by atoms with van der Waals surface area (Å²) >= 11 is 7.55. The predicted molar refractivity (Wildman–Crippen MR) is 128 cm³/mol. The van der Waals surface area contributed by atoms with Crippen LogP contribution < -0.4 is 10.9 Å². The molecule has 1 N–H and O–H groups in total. The lowest BCUT2D eigenvalue weighted by molar-refractivity contribution is -0.116. The van der Waals surface area contributed by atoms with Crippen LogP contribution in [0.3, 0.4) is 0 Å². The zero-order chi connectivity index (χ0) is 22.4. The number of aromatic nitrogens is 2. The highest BCUT2D eigenvalue weighted by Gasteiger charge is 2.13. The number of hydrogen-bond donors (Lipinski definition) is 1. The molecule has 3 aromatic rings. The number of amides is 1. The van der Waals surface area contributed by atoms with Crippen LogP contribution >= 0.6 is 23.4 Å². The fourth-order valence-electron chi connectivity index (χ4n) is 3.17. The fourth-order valence-corrected chi connectivity index (χ4v) is 4.33. The van der Waals surface area contributed by atoms with Crippen molar-refractivity contribution in [1.82, 2.24) is 9.55 Å². The van der Waals surface area contributed by atoms with Crippen LogP contribution in [0.4, 0.5) is 5.69 Å². The summed E-state index contributed by atoms with van der Waals surface area (Å²) in [5.41, 5.74) is 4.29. The summed E-state index contributed by atoms with van der Waals surface area (Å²) in [6.45, 7) is 3.87. The van der Waals surface area contributed by atoms with E-state index in [2.05, 4.69) is 10.3 Å². The van der Waals surface area contributed by atoms with Gasteiger partial charge in [-0.3, -0.25) is 14.2 Å². The zero-order valence-electron chi connectivity index (χ0n) is 17.9. The fraction of sp³-hybridized carbons (Fsp3) is 0.292. The van der Waals surface area contributed by atoms with Crippen LogP contribution in [0, 0.1) is 13.8 Å². The smallest absolute Gasteiger partial charge is 0.257 e. The van der Waals surface area contributed by atoms with Gasteiger partial charge in [-0.05, 0) is 50.1 Å². The second kappa shape index (κ2) is 10.6. The molecule has 0 aliphatic heterocycles. The van der Waals surface area contributed by atoms with Gasteiger partial charge in [0, 0.05) is 47.6 Å². The van der Waals surface area contributed by atoms with Crippen LogP contribution in [0.1, 0.15) is 35.2 Å². The summed E-state index contributed by atoms with van der Waals surface area (Å²) in [6.07, 6.45) is 1.61. The second-order valence-corrected chi connectivity index (χ2v) is 8.99. The zero-order valence-corrected chi connectivity index (χ0v) is 19.5. The summed E-state index contributed by atoms with van der Waals surface area (Å²) in [5, 5.41) is 4.22. The molecule has 3 rings (SSSR count). The van der Waals surface area contributed by atoms with E-state index in [0.717, 1.165) is 22.5 Å². The van der Waals surface area contributed by atoms with E-state index in [-0.39, 0.29) is 11.5 Å². The first-order valence-electron chi connectivity index (χ1n) is 10.1. The Kier molecular flexibility index (Phi) is 7.93. The maximum atomic E-state index is 12.9. The molecule has 7 heteroatoms. The van der Waals surface area contributed by atoms with Crippen molar-refractivity contribution in [3.05, 3.63) is 86.3 Å². The highest BCUT2D eigenvalue weighted by Crippen LogP contribution is 2.19. The first kappa shape index (κ1) is 23.1. The number of thioether (sulfide) groups is 1. The highest BCUT2D eigenvalue weighted by atomic mass is 35.5. The minimum absolute atomic E-state index is 0.0145. The van der Waals surface area contributed by atoms with Crippen molar-refractivity contribution in [1.29, 1.82) is 0 Å². The maximum absolute atomic E-state index is 12.9. The van der Waals surface area contributed by atoms with Gasteiger partial charge in [-0.25, -0.2) is 4.98 Å². The van der Waals surface area contributed by atoms with E-state index in [1.165, 1.54) is 11.8 Å². The molecule has 162 valence electrons. The van der Waals surface area contributed by atoms with Crippen LogP contribution in [0.25, 0.3) is 0 Å². The van der Waals surface area contributed by atoms with E-state index < -0.39 is 0 Å². The highest BCUT2D eigenvalue weighted by molar-refractivity contribution is 7.99. The summed E-state index contributed by atoms with van der Waals surface area (Å²) < 4.78 is 1.59. The van der Waals surface area contributed by atoms with Crippen molar-refractivity contribution in [2.24, 2.45) is 7.05 Å². The summed E-state index contributed by atoms with van der Waals surface area (Å²) in [5.74, 6) is 0.689. The SMILES string of the molecule is Cc1ccc(NC(=O)CCCSc2nc(C)c(Cc3cccc(Cl)c3)c(=O)n2C)cc1. The van der Waals surface area contributed by atoms with Crippen molar-refractivity contribution in [2.45, 2.75) is 38.3 Å². The van der Waals surface area contributed by atoms with Crippen LogP contribution in [-0.4, -0.2) is 21.2 Å². The standard InChI is InChI=1S/C24H26ClN3O2S/c1-16-9-11-20(12-10-16)27-22(29)8-5-13-31-24-26-17(2)21(23(30)28(24)3)15-18-6-4-7-19(25)14-18/h4,6-7,9-12,14H,5,8,13,15H2,1-3H3,(H,27,29). The van der Waals surface area contributed by atoms with Crippen molar-refractivity contribution in [2.75, 3.05) is 11.1 Å². The number of carbonyl (C=O) groups excluding carboxylic acids is 1. The first-order valence-corrected chi connectivity index (χ1v) is 11.5. The molecule has 0 aliphatic rings. The number of nitrogens with zero attached hydrogens (tertiary/aromatic N) is 2. The lowest BCUT2D eigenvalue weighted by Crippen LogP contribution is -2.25. The van der Waals surface area contributed by atoms with E-state index >= 15 is 0 Å². The molecular weight excluding hydrogens is 430 g/mol. The molecule has 1 aromatic heterocycles. The minimum atomic E-state index is -0.0490. The Morgan fingerprint density at radius 3 is 2.61 bits per heavy atom. The predicted octanol–water partition coefficient (Wildman–Crippen LogP) is 5.15. The Hall–Kier alpha value is -2.57. The van der Waals surface area contributed by atoms with Gasteiger partial charge in [-0.2, -0.15) is 0 Å². The van der Waals surface area contributed by atoms with Crippen LogP contribution in [-0.2, 0) is 18.3 Å². The average molecular weight is 456 g/mol. The van der Waals surface area contributed by atoms with Gasteiger partial charge in [-0.1, -0.05) is 53.2 Å². The van der Waals surface area contributed by atoms with E-state index in [1.54, 1.807) is 11.6 Å². The van der Waals surface area contributed by atoms with Gasteiger partial charge >= 0.3 is 0 Å². The molecule has 0 unspecified atom stereocenters. The Morgan fingerprint density at radius 2 is 1.90 bits per heavy atom. The maximum Gasteiger partial charge on any atom is 0.257 e. The van der Waals surface area contributed by atoms with Crippen LogP contribution in [0.15, 0.2) is 58.5 Å². The first-order chi connectivity index (χ1) is 14.8. The van der Waals surface area contributed by atoms with E-state index in [9.17, 15) is 9.59 Å². The lowest BCUT2D eigenvalue weighted by Gasteiger charge is -2.12. The van der Waals surface area contributed by atoms with Crippen LogP contribution in [0.2, 0.25) is 5.02 Å². The lowest BCUT2D eigenvalue weighted by atomic mass is 10.1. The van der Waals surface area contributed by atoms with Crippen molar-refractivity contribution >= 4 is 35.0 Å². The van der Waals surface area contributed by atoms with Gasteiger partial charge in [0.25, 0.3) is 5.56 Å². The third-order valence-corrected chi connectivity index (χ3v) is 6.29. The third-order valence-electron chi connectivity index (χ3n) is 4.93. The molecule has 0 saturated carbocycles. The van der Waals surface area contributed by atoms with Crippen molar-refractivity contribution in [3.8, 4) is 0 Å². The Labute approximate surface area is 191 Å². The molecule has 0 saturated heterocycles. The number of carbonyl (C=O) groups is 1. The Morgan fingerprint density at radius 1 is 1.16 bits per heavy atom. The molecule has 0 radical (unpaired) electrons. The molecule has 0 spiro atoms. The number of benzene rings is 2. The molecule has 1 heterocycles. The number of rotatable bonds is 8. The van der Waals surface area contributed by atoms with Crippen LogP contribution in [0.5, 0.6) is 0 Å². The number of anilines is 1. The normalized spacial score (nSPS) is 10.8. The molecule has 31 heavy (non-hydrogen) atoms. The average Bonchev–Trinajstić information content (AvgIpc) is 2.74. The quantitative estimate of drug-likeness (QED) is 0.290. The second-order valence-electron chi connectivity index (χ2n) is 7.50. The summed E-state index contributed by atoms with van der Waals surface area (Å²) in [7, 11) is 1.74. The largest absolute Gasteiger partial charge is 0.326 e. The van der Waals surface area contributed by atoms with E-state index in [4.69, 9.17) is 11.6 Å². The van der Waals surface area contributed by atoms with Gasteiger partial charge in [-0.15, -0.1) is 0 Å². The number of hydrogen-bond acceptors (Lipinski definition) is 4. The number of nitrogens with one attached hydrogen (secondary N) is 1. The Balaban J connectivity index is 1.56. The van der Waals surface area contributed by atoms with Crippen molar-refractivity contribution in [3.63, 3.8) is 0 Å². The molecule has 0 bridgehead atoms. The molecule has 0 aliphatic carbocycles. The monoisotopic (exact) mass is 455 g/mol. The van der Waals surface area contributed by atoms with Gasteiger partial charge in [0.1, 0.15) is 0 Å². The van der Waals surface area contributed by atoms with Gasteiger partial charge in [0.05, 0.1) is 0 Å². The topological polar surface area (TPSA) is 64.0 Å². The summed E-state index contributed by atoms with van der Waals surface area (Å²) in [4.78, 5) is 29.6. The van der Waals surface area contributed by atoms with E-state index in [1.807, 2.05) is 62.4 Å². The number of halogens is 1. The Bertz CT molecular complexity index is 1130.